The summed E-state index contributed by atoms with van der Waals surface area (Å²) in [6, 6.07) is 8.84. The number of fused-ring (bicyclic) bond motifs is 1. The van der Waals surface area contributed by atoms with Crippen LogP contribution in [0, 0.1) is 0 Å². The minimum absolute atomic E-state index is 0.0105. The van der Waals surface area contributed by atoms with Crippen molar-refractivity contribution < 1.29 is 15.0 Å². The Bertz CT molecular complexity index is 799. The zero-order chi connectivity index (χ0) is 17.4. The predicted octanol–water partition coefficient (Wildman–Crippen LogP) is 2.84. The van der Waals surface area contributed by atoms with Crippen molar-refractivity contribution in [3.63, 3.8) is 0 Å². The summed E-state index contributed by atoms with van der Waals surface area (Å²) in [5, 5.41) is 20.0. The second-order valence-electron chi connectivity index (χ2n) is 6.55. The molecule has 3 rings (SSSR count). The monoisotopic (exact) mass is 326 g/mol. The molecule has 1 aliphatic rings. The second-order valence-corrected chi connectivity index (χ2v) is 6.55. The SMILES string of the molecule is CC(C)c1cc(C(=O)N2Cc3ccc(CN)cc3C2)c(O)cc1O. The van der Waals surface area contributed by atoms with Crippen molar-refractivity contribution >= 4 is 5.91 Å². The van der Waals surface area contributed by atoms with Gasteiger partial charge in [-0.1, -0.05) is 32.0 Å². The van der Waals surface area contributed by atoms with E-state index in [-0.39, 0.29) is 28.9 Å². The molecule has 1 amide bonds. The van der Waals surface area contributed by atoms with Gasteiger partial charge >= 0.3 is 0 Å². The topological polar surface area (TPSA) is 86.8 Å². The smallest absolute Gasteiger partial charge is 0.258 e. The van der Waals surface area contributed by atoms with Gasteiger partial charge in [0.25, 0.3) is 5.91 Å². The third-order valence-corrected chi connectivity index (χ3v) is 4.51. The number of rotatable bonds is 3. The maximum atomic E-state index is 12.8. The molecule has 0 bridgehead atoms. The van der Waals surface area contributed by atoms with E-state index in [1.165, 1.54) is 6.07 Å². The Morgan fingerprint density at radius 1 is 1.12 bits per heavy atom. The summed E-state index contributed by atoms with van der Waals surface area (Å²) < 4.78 is 0. The first kappa shape index (κ1) is 16.3. The number of carbonyl (C=O) groups excluding carboxylic acids is 1. The molecular weight excluding hydrogens is 304 g/mol. The maximum Gasteiger partial charge on any atom is 0.258 e. The summed E-state index contributed by atoms with van der Waals surface area (Å²) in [5.74, 6) is -0.364. The Kier molecular flexibility index (Phi) is 4.20. The molecule has 0 spiro atoms. The fraction of sp³-hybridized carbons (Fsp3) is 0.316. The van der Waals surface area contributed by atoms with Gasteiger partial charge in [-0.25, -0.2) is 0 Å². The standard InChI is InChI=1S/C19H22N2O3/c1-11(2)15-6-16(18(23)7-17(15)22)19(24)21-9-13-4-3-12(8-20)5-14(13)10-21/h3-7,11,22-23H,8-10,20H2,1-2H3. The van der Waals surface area contributed by atoms with Gasteiger partial charge in [-0.2, -0.15) is 0 Å². The van der Waals surface area contributed by atoms with Crippen molar-refractivity contribution in [2.75, 3.05) is 0 Å². The minimum Gasteiger partial charge on any atom is -0.508 e. The number of aromatic hydroxyl groups is 2. The van der Waals surface area contributed by atoms with Crippen molar-refractivity contribution in [2.45, 2.75) is 39.4 Å². The number of amides is 1. The number of benzene rings is 2. The van der Waals surface area contributed by atoms with Crippen molar-refractivity contribution in [3.8, 4) is 11.5 Å². The molecule has 1 aliphatic heterocycles. The summed E-state index contributed by atoms with van der Waals surface area (Å²) >= 11 is 0. The number of phenols is 2. The predicted molar refractivity (Wildman–Crippen MR) is 91.8 cm³/mol. The van der Waals surface area contributed by atoms with Gasteiger partial charge in [0.1, 0.15) is 11.5 Å². The van der Waals surface area contributed by atoms with E-state index < -0.39 is 0 Å². The van der Waals surface area contributed by atoms with Crippen molar-refractivity contribution in [3.05, 3.63) is 58.1 Å². The quantitative estimate of drug-likeness (QED) is 0.809. The largest absolute Gasteiger partial charge is 0.508 e. The molecule has 0 aliphatic carbocycles. The number of nitrogens with two attached hydrogens (primary N) is 1. The van der Waals surface area contributed by atoms with Gasteiger partial charge in [0.05, 0.1) is 5.56 Å². The van der Waals surface area contributed by atoms with E-state index in [0.717, 1.165) is 16.7 Å². The van der Waals surface area contributed by atoms with Crippen LogP contribution in [0.25, 0.3) is 0 Å². The third-order valence-electron chi connectivity index (χ3n) is 4.51. The van der Waals surface area contributed by atoms with Gasteiger partial charge in [0, 0.05) is 25.7 Å². The normalized spacial score (nSPS) is 13.4. The lowest BCUT2D eigenvalue weighted by molar-refractivity contribution is 0.0748. The van der Waals surface area contributed by atoms with Crippen molar-refractivity contribution in [2.24, 2.45) is 5.73 Å². The van der Waals surface area contributed by atoms with E-state index in [0.29, 0.717) is 25.2 Å². The van der Waals surface area contributed by atoms with Crippen LogP contribution >= 0.6 is 0 Å². The fourth-order valence-corrected chi connectivity index (χ4v) is 3.12. The molecular formula is C19H22N2O3. The van der Waals surface area contributed by atoms with E-state index in [2.05, 4.69) is 0 Å². The number of nitrogens with zero attached hydrogens (tertiary/aromatic N) is 1. The van der Waals surface area contributed by atoms with Gasteiger partial charge in [0.15, 0.2) is 0 Å². The fourth-order valence-electron chi connectivity index (χ4n) is 3.12. The Hall–Kier alpha value is -2.53. The van der Waals surface area contributed by atoms with Crippen LogP contribution in [0.15, 0.2) is 30.3 Å². The summed E-state index contributed by atoms with van der Waals surface area (Å²) in [5.41, 5.74) is 9.78. The average Bonchev–Trinajstić information content (AvgIpc) is 2.96. The first-order valence-electron chi connectivity index (χ1n) is 8.06. The molecule has 2 aromatic carbocycles. The molecule has 4 N–H and O–H groups in total. The summed E-state index contributed by atoms with van der Waals surface area (Å²) in [4.78, 5) is 14.5. The first-order valence-corrected chi connectivity index (χ1v) is 8.06. The van der Waals surface area contributed by atoms with E-state index >= 15 is 0 Å². The highest BCUT2D eigenvalue weighted by molar-refractivity contribution is 5.97. The minimum atomic E-state index is -0.236. The number of hydrogen-bond donors (Lipinski definition) is 3. The van der Waals surface area contributed by atoms with Crippen LogP contribution in [0.3, 0.4) is 0 Å². The second kappa shape index (κ2) is 6.17. The molecule has 0 unspecified atom stereocenters. The molecule has 0 saturated heterocycles. The molecule has 0 saturated carbocycles. The third kappa shape index (κ3) is 2.83. The van der Waals surface area contributed by atoms with Gasteiger partial charge < -0.3 is 20.8 Å². The Morgan fingerprint density at radius 3 is 2.50 bits per heavy atom. The van der Waals surface area contributed by atoms with Crippen LogP contribution in [0.2, 0.25) is 0 Å². The zero-order valence-corrected chi connectivity index (χ0v) is 13.9. The lowest BCUT2D eigenvalue weighted by atomic mass is 9.98. The lowest BCUT2D eigenvalue weighted by Gasteiger charge is -2.18. The number of phenolic OH excluding ortho intramolecular Hbond substituents is 2. The highest BCUT2D eigenvalue weighted by Crippen LogP contribution is 2.34. The summed E-state index contributed by atoms with van der Waals surface area (Å²) in [6.45, 7) is 5.34. The van der Waals surface area contributed by atoms with Crippen LogP contribution in [0.5, 0.6) is 11.5 Å². The van der Waals surface area contributed by atoms with Crippen LogP contribution in [-0.4, -0.2) is 21.0 Å². The van der Waals surface area contributed by atoms with E-state index in [9.17, 15) is 15.0 Å². The Labute approximate surface area is 141 Å². The molecule has 1 heterocycles. The highest BCUT2D eigenvalue weighted by atomic mass is 16.3. The molecule has 24 heavy (non-hydrogen) atoms. The Morgan fingerprint density at radius 2 is 1.83 bits per heavy atom. The maximum absolute atomic E-state index is 12.8. The van der Waals surface area contributed by atoms with Crippen LogP contribution in [0.4, 0.5) is 0 Å². The van der Waals surface area contributed by atoms with E-state index in [1.54, 1.807) is 11.0 Å². The van der Waals surface area contributed by atoms with Crippen LogP contribution in [0.1, 0.15) is 52.4 Å². The van der Waals surface area contributed by atoms with Crippen molar-refractivity contribution in [1.82, 2.24) is 4.90 Å². The molecule has 2 aromatic rings. The van der Waals surface area contributed by atoms with Gasteiger partial charge in [-0.05, 0) is 34.2 Å². The zero-order valence-electron chi connectivity index (χ0n) is 13.9. The number of hydrogen-bond acceptors (Lipinski definition) is 4. The van der Waals surface area contributed by atoms with Gasteiger partial charge in [0.2, 0.25) is 0 Å². The summed E-state index contributed by atoms with van der Waals surface area (Å²) in [6.07, 6.45) is 0. The van der Waals surface area contributed by atoms with E-state index in [4.69, 9.17) is 5.73 Å². The molecule has 0 radical (unpaired) electrons. The molecule has 0 fully saturated rings. The summed E-state index contributed by atoms with van der Waals surface area (Å²) in [7, 11) is 0. The molecule has 0 aromatic heterocycles. The average molecular weight is 326 g/mol. The van der Waals surface area contributed by atoms with E-state index in [1.807, 2.05) is 32.0 Å². The van der Waals surface area contributed by atoms with Gasteiger partial charge in [-0.15, -0.1) is 0 Å². The first-order chi connectivity index (χ1) is 11.4. The van der Waals surface area contributed by atoms with Gasteiger partial charge in [-0.3, -0.25) is 4.79 Å². The Balaban J connectivity index is 1.90. The van der Waals surface area contributed by atoms with Crippen LogP contribution < -0.4 is 5.73 Å². The van der Waals surface area contributed by atoms with Crippen molar-refractivity contribution in [1.29, 1.82) is 0 Å². The molecule has 0 atom stereocenters. The molecule has 126 valence electrons. The lowest BCUT2D eigenvalue weighted by Crippen LogP contribution is -2.25. The van der Waals surface area contributed by atoms with Crippen LogP contribution in [-0.2, 0) is 19.6 Å². The molecule has 5 heteroatoms. The number of carbonyl (C=O) groups is 1. The molecule has 5 nitrogen and oxygen atoms in total. The highest BCUT2D eigenvalue weighted by Gasteiger charge is 2.27.